The molecule has 0 spiro atoms. The highest BCUT2D eigenvalue weighted by Crippen LogP contribution is 2.16. The van der Waals surface area contributed by atoms with Crippen LogP contribution in [0.4, 0.5) is 11.6 Å². The summed E-state index contributed by atoms with van der Waals surface area (Å²) in [5, 5.41) is 10.0. The van der Waals surface area contributed by atoms with Crippen molar-refractivity contribution in [2.24, 2.45) is 0 Å². The summed E-state index contributed by atoms with van der Waals surface area (Å²) in [4.78, 5) is 8.00. The molecule has 0 atom stereocenters. The summed E-state index contributed by atoms with van der Waals surface area (Å²) in [5.74, 6) is 1.27. The van der Waals surface area contributed by atoms with Crippen LogP contribution >= 0.6 is 11.6 Å². The summed E-state index contributed by atoms with van der Waals surface area (Å²) >= 11 is 5.76. The zero-order valence-electron chi connectivity index (χ0n) is 8.66. The number of aryl methyl sites for hydroxylation is 1. The van der Waals surface area contributed by atoms with Crippen LogP contribution in [0.25, 0.3) is 6.08 Å². The maximum absolute atomic E-state index is 5.76. The number of rotatable bonds is 3. The molecule has 0 fully saturated rings. The summed E-state index contributed by atoms with van der Waals surface area (Å²) in [6.07, 6.45) is 1.61. The Hall–Kier alpha value is -1.88. The summed E-state index contributed by atoms with van der Waals surface area (Å²) in [7, 11) is 0. The number of nitrogens with one attached hydrogen (secondary N) is 2. The molecule has 2 rings (SSSR count). The van der Waals surface area contributed by atoms with Crippen LogP contribution in [-0.2, 0) is 0 Å². The van der Waals surface area contributed by atoms with Crippen LogP contribution in [0.1, 0.15) is 11.4 Å². The zero-order valence-corrected chi connectivity index (χ0v) is 9.41. The maximum atomic E-state index is 5.76. The van der Waals surface area contributed by atoms with Gasteiger partial charge in [-0.3, -0.25) is 5.10 Å². The molecule has 2 aromatic heterocycles. The fourth-order valence-corrected chi connectivity index (χ4v) is 1.41. The molecule has 0 unspecified atom stereocenters. The highest BCUT2D eigenvalue weighted by Gasteiger charge is 2.03. The molecular formula is C10H10ClN5. The number of nitrogens with zero attached hydrogens (tertiary/aromatic N) is 3. The molecule has 0 aliphatic carbocycles. The molecule has 0 radical (unpaired) electrons. The van der Waals surface area contributed by atoms with Gasteiger partial charge in [0.25, 0.3) is 0 Å². The molecule has 0 aromatic carbocycles. The Bertz CT molecular complexity index is 520. The zero-order chi connectivity index (χ0) is 11.5. The van der Waals surface area contributed by atoms with Crippen molar-refractivity contribution in [2.45, 2.75) is 6.92 Å². The van der Waals surface area contributed by atoms with Crippen LogP contribution in [0.5, 0.6) is 0 Å². The molecule has 0 bridgehead atoms. The first kappa shape index (κ1) is 10.6. The average molecular weight is 236 g/mol. The lowest BCUT2D eigenvalue weighted by atomic mass is 10.4. The van der Waals surface area contributed by atoms with Crippen LogP contribution in [0.15, 0.2) is 18.7 Å². The minimum absolute atomic E-state index is 0.173. The van der Waals surface area contributed by atoms with Crippen molar-refractivity contribution in [3.8, 4) is 0 Å². The van der Waals surface area contributed by atoms with E-state index in [2.05, 4.69) is 32.1 Å². The van der Waals surface area contributed by atoms with E-state index in [-0.39, 0.29) is 5.28 Å². The van der Waals surface area contributed by atoms with Crippen molar-refractivity contribution in [3.05, 3.63) is 35.4 Å². The Labute approximate surface area is 97.6 Å². The molecule has 0 aliphatic rings. The lowest BCUT2D eigenvalue weighted by Crippen LogP contribution is -1.96. The van der Waals surface area contributed by atoms with E-state index in [1.165, 1.54) is 0 Å². The van der Waals surface area contributed by atoms with E-state index < -0.39 is 0 Å². The van der Waals surface area contributed by atoms with Gasteiger partial charge in [0, 0.05) is 17.8 Å². The number of hydrogen-bond acceptors (Lipinski definition) is 4. The van der Waals surface area contributed by atoms with Gasteiger partial charge in [-0.25, -0.2) is 9.97 Å². The lowest BCUT2D eigenvalue weighted by Gasteiger charge is -2.02. The highest BCUT2D eigenvalue weighted by atomic mass is 35.5. The standard InChI is InChI=1S/C10H10ClN5/c1-3-7-5-8(14-10(11)12-7)13-9-4-6(2)15-16-9/h3-5H,1H2,2H3,(H2,12,13,14,15,16). The van der Waals surface area contributed by atoms with Gasteiger partial charge in [0.2, 0.25) is 5.28 Å². The van der Waals surface area contributed by atoms with Gasteiger partial charge in [-0.2, -0.15) is 5.10 Å². The minimum atomic E-state index is 0.173. The Morgan fingerprint density at radius 1 is 1.38 bits per heavy atom. The van der Waals surface area contributed by atoms with Crippen molar-refractivity contribution in [1.29, 1.82) is 0 Å². The third-order valence-corrected chi connectivity index (χ3v) is 2.06. The van der Waals surface area contributed by atoms with Gasteiger partial charge in [-0.15, -0.1) is 0 Å². The molecule has 6 heteroatoms. The van der Waals surface area contributed by atoms with E-state index in [9.17, 15) is 0 Å². The molecule has 5 nitrogen and oxygen atoms in total. The maximum Gasteiger partial charge on any atom is 0.224 e. The fourth-order valence-electron chi connectivity index (χ4n) is 1.22. The quantitative estimate of drug-likeness (QED) is 0.803. The number of anilines is 2. The van der Waals surface area contributed by atoms with Crippen molar-refractivity contribution < 1.29 is 0 Å². The molecular weight excluding hydrogens is 226 g/mol. The normalized spacial score (nSPS) is 10.1. The molecule has 0 saturated carbocycles. The van der Waals surface area contributed by atoms with Crippen LogP contribution in [0.2, 0.25) is 5.28 Å². The fraction of sp³-hybridized carbons (Fsp3) is 0.100. The van der Waals surface area contributed by atoms with Crippen LogP contribution in [0, 0.1) is 6.92 Å². The largest absolute Gasteiger partial charge is 0.323 e. The summed E-state index contributed by atoms with van der Waals surface area (Å²) in [5.41, 5.74) is 1.63. The second-order valence-corrected chi connectivity index (χ2v) is 3.55. The van der Waals surface area contributed by atoms with E-state index in [0.29, 0.717) is 17.3 Å². The monoisotopic (exact) mass is 235 g/mol. The summed E-state index contributed by atoms with van der Waals surface area (Å²) in [6, 6.07) is 3.60. The SMILES string of the molecule is C=Cc1cc(Nc2cc(C)[nH]n2)nc(Cl)n1. The van der Waals surface area contributed by atoms with E-state index in [4.69, 9.17) is 11.6 Å². The van der Waals surface area contributed by atoms with Crippen LogP contribution in [-0.4, -0.2) is 20.2 Å². The second kappa shape index (κ2) is 4.32. The first-order chi connectivity index (χ1) is 7.67. The summed E-state index contributed by atoms with van der Waals surface area (Å²) < 4.78 is 0. The third-order valence-electron chi connectivity index (χ3n) is 1.89. The average Bonchev–Trinajstić information content (AvgIpc) is 2.63. The molecule has 2 N–H and O–H groups in total. The van der Waals surface area contributed by atoms with Gasteiger partial charge in [-0.05, 0) is 24.6 Å². The first-order valence-corrected chi connectivity index (χ1v) is 5.01. The highest BCUT2D eigenvalue weighted by molar-refractivity contribution is 6.28. The van der Waals surface area contributed by atoms with Crippen LogP contribution < -0.4 is 5.32 Å². The minimum Gasteiger partial charge on any atom is -0.323 e. The predicted molar refractivity (Wildman–Crippen MR) is 63.7 cm³/mol. The molecule has 16 heavy (non-hydrogen) atoms. The Morgan fingerprint density at radius 3 is 2.81 bits per heavy atom. The second-order valence-electron chi connectivity index (χ2n) is 3.21. The van der Waals surface area contributed by atoms with Crippen molar-refractivity contribution in [3.63, 3.8) is 0 Å². The van der Waals surface area contributed by atoms with Crippen molar-refractivity contribution in [2.75, 3.05) is 5.32 Å². The van der Waals surface area contributed by atoms with E-state index >= 15 is 0 Å². The van der Waals surface area contributed by atoms with Crippen molar-refractivity contribution >= 4 is 29.3 Å². The number of aromatic amines is 1. The molecule has 0 aliphatic heterocycles. The molecule has 2 aromatic rings. The number of H-pyrrole nitrogens is 1. The van der Waals surface area contributed by atoms with Gasteiger partial charge in [0.15, 0.2) is 5.82 Å². The Kier molecular flexibility index (Phi) is 2.87. The third kappa shape index (κ3) is 2.38. The number of aromatic nitrogens is 4. The van der Waals surface area contributed by atoms with E-state index in [1.54, 1.807) is 12.1 Å². The smallest absolute Gasteiger partial charge is 0.224 e. The Morgan fingerprint density at radius 2 is 2.19 bits per heavy atom. The van der Waals surface area contributed by atoms with Gasteiger partial charge >= 0.3 is 0 Å². The van der Waals surface area contributed by atoms with Gasteiger partial charge in [0.05, 0.1) is 5.69 Å². The molecule has 2 heterocycles. The van der Waals surface area contributed by atoms with Gasteiger partial charge < -0.3 is 5.32 Å². The molecule has 0 saturated heterocycles. The lowest BCUT2D eigenvalue weighted by molar-refractivity contribution is 1.04. The van der Waals surface area contributed by atoms with Gasteiger partial charge in [0.1, 0.15) is 5.82 Å². The Balaban J connectivity index is 2.27. The van der Waals surface area contributed by atoms with Crippen LogP contribution in [0.3, 0.4) is 0 Å². The molecule has 0 amide bonds. The van der Waals surface area contributed by atoms with Crippen molar-refractivity contribution in [1.82, 2.24) is 20.2 Å². The first-order valence-electron chi connectivity index (χ1n) is 4.63. The number of hydrogen-bond donors (Lipinski definition) is 2. The molecule has 82 valence electrons. The topological polar surface area (TPSA) is 66.5 Å². The summed E-state index contributed by atoms with van der Waals surface area (Å²) in [6.45, 7) is 5.54. The number of halogens is 1. The van der Waals surface area contributed by atoms with E-state index in [1.807, 2.05) is 13.0 Å². The van der Waals surface area contributed by atoms with Gasteiger partial charge in [-0.1, -0.05) is 6.58 Å². The predicted octanol–water partition coefficient (Wildman–Crippen LogP) is 2.55. The van der Waals surface area contributed by atoms with E-state index in [0.717, 1.165) is 5.69 Å².